The van der Waals surface area contributed by atoms with Gasteiger partial charge in [0, 0.05) is 0 Å². The Labute approximate surface area is 162 Å². The summed E-state index contributed by atoms with van der Waals surface area (Å²) in [5.74, 6) is 2.69. The van der Waals surface area contributed by atoms with Crippen molar-refractivity contribution >= 4 is 56.6 Å². The van der Waals surface area contributed by atoms with Crippen molar-refractivity contribution in [3.8, 4) is 18.1 Å². The number of hydrogen-bond acceptors (Lipinski definition) is 4. The van der Waals surface area contributed by atoms with Crippen LogP contribution in [0.3, 0.4) is 0 Å². The summed E-state index contributed by atoms with van der Waals surface area (Å²) in [6, 6.07) is 10.9. The molecular weight excluding hydrogens is 391 g/mol. The van der Waals surface area contributed by atoms with Gasteiger partial charge in [-0.1, -0.05) is 52.6 Å². The summed E-state index contributed by atoms with van der Waals surface area (Å²) in [6.45, 7) is 0.0718. The van der Waals surface area contributed by atoms with E-state index in [1.165, 1.54) is 11.3 Å². The number of aromatic nitrogens is 2. The molecule has 0 bridgehead atoms. The molecule has 0 saturated carbocycles. The normalized spacial score (nSPS) is 12.0. The first-order valence-electron chi connectivity index (χ1n) is 7.55. The molecule has 2 heterocycles. The smallest absolute Gasteiger partial charge is 0.274 e. The number of para-hydroxylation sites is 2. The van der Waals surface area contributed by atoms with Crippen molar-refractivity contribution < 1.29 is 4.74 Å². The third-order valence-electron chi connectivity index (χ3n) is 3.76. The molecule has 0 unspecified atom stereocenters. The molecule has 4 rings (SSSR count). The van der Waals surface area contributed by atoms with Gasteiger partial charge < -0.3 is 4.74 Å². The number of rotatable bonds is 3. The fraction of sp³-hybridized carbons (Fsp3) is 0.0526. The van der Waals surface area contributed by atoms with Crippen LogP contribution in [0.1, 0.15) is 5.56 Å². The van der Waals surface area contributed by atoms with Crippen molar-refractivity contribution in [1.29, 1.82) is 0 Å². The Hall–Kier alpha value is -2.52. The summed E-state index contributed by atoms with van der Waals surface area (Å²) >= 11 is 13.8. The summed E-state index contributed by atoms with van der Waals surface area (Å²) in [5.41, 5.74) is 2.15. The van der Waals surface area contributed by atoms with Crippen LogP contribution in [0.25, 0.3) is 22.1 Å². The quantitative estimate of drug-likeness (QED) is 0.491. The Balaban J connectivity index is 1.85. The molecule has 0 aliphatic heterocycles. The molecule has 0 fully saturated rings. The molecule has 0 spiro atoms. The van der Waals surface area contributed by atoms with E-state index in [1.807, 2.05) is 24.3 Å². The summed E-state index contributed by atoms with van der Waals surface area (Å²) in [5, 5.41) is 0.663. The number of terminal acetylenes is 1. The molecule has 0 aliphatic rings. The maximum Gasteiger partial charge on any atom is 0.274 e. The van der Waals surface area contributed by atoms with Crippen LogP contribution in [0.4, 0.5) is 0 Å². The lowest BCUT2D eigenvalue weighted by Gasteiger charge is -2.08. The van der Waals surface area contributed by atoms with Gasteiger partial charge in [-0.25, -0.2) is 9.38 Å². The van der Waals surface area contributed by atoms with Gasteiger partial charge in [0.05, 0.1) is 25.6 Å². The third-order valence-corrected chi connectivity index (χ3v) is 5.29. The summed E-state index contributed by atoms with van der Waals surface area (Å²) in [7, 11) is 0. The van der Waals surface area contributed by atoms with Crippen LogP contribution in [-0.2, 0) is 0 Å². The van der Waals surface area contributed by atoms with Crippen molar-refractivity contribution in [2.45, 2.75) is 0 Å². The third kappa shape index (κ3) is 2.82. The van der Waals surface area contributed by atoms with Gasteiger partial charge in [0.15, 0.2) is 10.7 Å². The number of hydrogen-bond donors (Lipinski definition) is 0. The lowest BCUT2D eigenvalue weighted by atomic mass is 10.2. The van der Waals surface area contributed by atoms with Crippen LogP contribution in [-0.4, -0.2) is 16.0 Å². The molecule has 0 saturated heterocycles. The topological polar surface area (TPSA) is 43.6 Å². The highest BCUT2D eigenvalue weighted by Gasteiger charge is 2.12. The van der Waals surface area contributed by atoms with E-state index >= 15 is 0 Å². The van der Waals surface area contributed by atoms with Crippen molar-refractivity contribution in [3.63, 3.8) is 0 Å². The molecule has 0 atom stereocenters. The molecule has 4 aromatic rings. The van der Waals surface area contributed by atoms with Crippen LogP contribution in [0.5, 0.6) is 5.75 Å². The van der Waals surface area contributed by atoms with Crippen LogP contribution in [0.2, 0.25) is 10.0 Å². The average Bonchev–Trinajstić information content (AvgIpc) is 3.11. The highest BCUT2D eigenvalue weighted by molar-refractivity contribution is 7.15. The Morgan fingerprint density at radius 1 is 1.27 bits per heavy atom. The fourth-order valence-electron chi connectivity index (χ4n) is 2.68. The number of thiazole rings is 1. The monoisotopic (exact) mass is 400 g/mol. The molecule has 2 aromatic carbocycles. The average molecular weight is 401 g/mol. The zero-order valence-corrected chi connectivity index (χ0v) is 15.5. The number of halogens is 2. The van der Waals surface area contributed by atoms with Crippen LogP contribution < -0.4 is 14.8 Å². The second-order valence-corrected chi connectivity index (χ2v) is 7.26. The number of imidazole rings is 1. The van der Waals surface area contributed by atoms with E-state index in [4.69, 9.17) is 34.4 Å². The van der Waals surface area contributed by atoms with Gasteiger partial charge in [-0.2, -0.15) is 0 Å². The van der Waals surface area contributed by atoms with Crippen molar-refractivity contribution in [2.24, 2.45) is 0 Å². The Kier molecular flexibility index (Phi) is 4.33. The number of fused-ring (bicyclic) bond motifs is 3. The minimum atomic E-state index is -0.126. The molecular formula is C19H10Cl2N2O2S. The summed E-state index contributed by atoms with van der Waals surface area (Å²) in [6.07, 6.45) is 6.92. The van der Waals surface area contributed by atoms with Crippen LogP contribution >= 0.6 is 34.5 Å². The molecule has 128 valence electrons. The minimum absolute atomic E-state index is 0.0718. The van der Waals surface area contributed by atoms with Crippen molar-refractivity contribution in [3.05, 3.63) is 66.9 Å². The van der Waals surface area contributed by atoms with E-state index in [2.05, 4.69) is 10.9 Å². The van der Waals surface area contributed by atoms with Gasteiger partial charge in [0.1, 0.15) is 6.61 Å². The Bertz CT molecular complexity index is 1280. The van der Waals surface area contributed by atoms with Crippen LogP contribution in [0, 0.1) is 12.3 Å². The van der Waals surface area contributed by atoms with E-state index in [-0.39, 0.29) is 12.2 Å². The maximum atomic E-state index is 12.8. The number of benzene rings is 2. The lowest BCUT2D eigenvalue weighted by molar-refractivity contribution is 0.371. The van der Waals surface area contributed by atoms with Crippen LogP contribution in [0.15, 0.2) is 41.2 Å². The zero-order chi connectivity index (χ0) is 18.3. The summed E-state index contributed by atoms with van der Waals surface area (Å²) in [4.78, 5) is 17.9. The zero-order valence-electron chi connectivity index (χ0n) is 13.2. The first-order valence-corrected chi connectivity index (χ1v) is 9.13. The van der Waals surface area contributed by atoms with Gasteiger partial charge in [0.25, 0.3) is 5.56 Å². The largest absolute Gasteiger partial charge is 0.478 e. The van der Waals surface area contributed by atoms with Crippen molar-refractivity contribution in [2.75, 3.05) is 6.61 Å². The van der Waals surface area contributed by atoms with Gasteiger partial charge >= 0.3 is 0 Å². The maximum absolute atomic E-state index is 12.8. The SMILES string of the molecule is C#CCOc1c(Cl)cc(/C=c2\sc3nc4ccccc4n3c2=O)cc1Cl. The molecule has 2 aromatic heterocycles. The molecule has 0 amide bonds. The highest BCUT2D eigenvalue weighted by Crippen LogP contribution is 2.34. The minimum Gasteiger partial charge on any atom is -0.478 e. The molecule has 7 heteroatoms. The fourth-order valence-corrected chi connectivity index (χ4v) is 4.28. The van der Waals surface area contributed by atoms with E-state index in [9.17, 15) is 4.79 Å². The molecule has 26 heavy (non-hydrogen) atoms. The first kappa shape index (κ1) is 16.9. The highest BCUT2D eigenvalue weighted by atomic mass is 35.5. The second-order valence-electron chi connectivity index (χ2n) is 5.44. The molecule has 0 radical (unpaired) electrons. The Morgan fingerprint density at radius 3 is 2.73 bits per heavy atom. The van der Waals surface area contributed by atoms with Gasteiger partial charge in [0.2, 0.25) is 0 Å². The van der Waals surface area contributed by atoms with Crippen molar-refractivity contribution in [1.82, 2.24) is 9.38 Å². The molecule has 4 nitrogen and oxygen atoms in total. The summed E-state index contributed by atoms with van der Waals surface area (Å²) < 4.78 is 7.50. The first-order chi connectivity index (χ1) is 12.6. The van der Waals surface area contributed by atoms with E-state index in [0.29, 0.717) is 30.9 Å². The van der Waals surface area contributed by atoms with E-state index in [0.717, 1.165) is 11.0 Å². The number of nitrogens with zero attached hydrogens (tertiary/aromatic N) is 2. The van der Waals surface area contributed by atoms with E-state index in [1.54, 1.807) is 22.6 Å². The predicted octanol–water partition coefficient (Wildman–Crippen LogP) is 3.78. The standard InChI is InChI=1S/C19H10Cl2N2O2S/c1-2-7-25-17-12(20)8-11(9-13(17)21)10-16-18(24)23-15-6-4-3-5-14(15)22-19(23)26-16/h1,3-6,8-10H,7H2/b16-10-. The van der Waals surface area contributed by atoms with Gasteiger partial charge in [-0.15, -0.1) is 6.42 Å². The van der Waals surface area contributed by atoms with E-state index < -0.39 is 0 Å². The number of ether oxygens (including phenoxy) is 1. The lowest BCUT2D eigenvalue weighted by Crippen LogP contribution is -2.22. The Morgan fingerprint density at radius 2 is 2.00 bits per heavy atom. The van der Waals surface area contributed by atoms with Gasteiger partial charge in [-0.05, 0) is 35.9 Å². The van der Waals surface area contributed by atoms with Gasteiger partial charge in [-0.3, -0.25) is 4.79 Å². The molecule has 0 N–H and O–H groups in total. The second kappa shape index (κ2) is 6.65. The molecule has 0 aliphatic carbocycles. The predicted molar refractivity (Wildman–Crippen MR) is 106 cm³/mol.